The fourth-order valence-corrected chi connectivity index (χ4v) is 2.24. The van der Waals surface area contributed by atoms with Crippen molar-refractivity contribution >= 4 is 28.1 Å². The molecule has 0 radical (unpaired) electrons. The maximum Gasteiger partial charge on any atom is 0.347 e. The van der Waals surface area contributed by atoms with E-state index in [-0.39, 0.29) is 12.1 Å². The molecule has 0 unspecified atom stereocenters. The Balaban J connectivity index is 2.32. The molecule has 0 N–H and O–H groups in total. The zero-order valence-electron chi connectivity index (χ0n) is 9.38. The van der Waals surface area contributed by atoms with Gasteiger partial charge in [-0.15, -0.1) is 0 Å². The molecule has 0 heterocycles. The van der Waals surface area contributed by atoms with Gasteiger partial charge in [0.2, 0.25) is 5.78 Å². The summed E-state index contributed by atoms with van der Waals surface area (Å²) >= 11 is 0. The van der Waals surface area contributed by atoms with Gasteiger partial charge < -0.3 is 5.53 Å². The van der Waals surface area contributed by atoms with Crippen molar-refractivity contribution in [2.24, 2.45) is 0 Å². The van der Waals surface area contributed by atoms with E-state index in [0.29, 0.717) is 5.56 Å². The molecule has 0 atom stereocenters. The molecule has 0 spiro atoms. The molecule has 86 valence electrons. The van der Waals surface area contributed by atoms with Crippen LogP contribution in [0, 0.1) is 0 Å². The summed E-state index contributed by atoms with van der Waals surface area (Å²) in [5, 5.41) is 1.91. The van der Waals surface area contributed by atoms with Crippen LogP contribution in [0.15, 0.2) is 36.4 Å². The summed E-state index contributed by atoms with van der Waals surface area (Å²) in [7, 11) is 0. The number of hydrogen-bond donors (Lipinski definition) is 0. The maximum absolute atomic E-state index is 11.9. The summed E-state index contributed by atoms with van der Waals surface area (Å²) in [5.74, 6) is -1.32. The van der Waals surface area contributed by atoms with Gasteiger partial charge in [0, 0.05) is 5.56 Å². The van der Waals surface area contributed by atoms with E-state index in [9.17, 15) is 9.59 Å². The number of fused-ring (bicyclic) bond motifs is 2. The normalized spacial score (nSPS) is 14.6. The quantitative estimate of drug-likeness (QED) is 0.397. The highest BCUT2D eigenvalue weighted by atomic mass is 16.2. The van der Waals surface area contributed by atoms with Crippen molar-refractivity contribution in [3.8, 4) is 0 Å². The van der Waals surface area contributed by atoms with Crippen LogP contribution in [0.1, 0.15) is 15.9 Å². The fourth-order valence-electron chi connectivity index (χ4n) is 2.24. The van der Waals surface area contributed by atoms with Crippen molar-refractivity contribution in [3.63, 3.8) is 0 Å². The molecule has 0 saturated carbocycles. The van der Waals surface area contributed by atoms with E-state index in [1.54, 1.807) is 6.07 Å². The van der Waals surface area contributed by atoms with E-state index in [0.717, 1.165) is 16.3 Å². The Bertz CT molecular complexity index is 755. The van der Waals surface area contributed by atoms with Crippen molar-refractivity contribution in [1.82, 2.24) is 0 Å². The minimum Gasteiger partial charge on any atom is -0.361 e. The average Bonchev–Trinajstić information content (AvgIpc) is 2.41. The number of ketones is 2. The summed E-state index contributed by atoms with van der Waals surface area (Å²) in [4.78, 5) is 26.4. The third-order valence-corrected chi connectivity index (χ3v) is 3.16. The number of benzene rings is 2. The van der Waals surface area contributed by atoms with Gasteiger partial charge in [0.25, 0.3) is 0 Å². The molecule has 3 rings (SSSR count). The van der Waals surface area contributed by atoms with Crippen LogP contribution >= 0.6 is 0 Å². The van der Waals surface area contributed by atoms with Crippen LogP contribution in [0.4, 0.5) is 0 Å². The predicted octanol–water partition coefficient (Wildman–Crippen LogP) is 1.82. The molecule has 0 amide bonds. The van der Waals surface area contributed by atoms with Crippen LogP contribution < -0.4 is 0 Å². The highest BCUT2D eigenvalue weighted by Crippen LogP contribution is 2.24. The molecule has 4 nitrogen and oxygen atoms in total. The van der Waals surface area contributed by atoms with E-state index in [1.807, 2.05) is 30.3 Å². The Hall–Kier alpha value is -2.58. The molecule has 2 aromatic rings. The lowest BCUT2D eigenvalue weighted by Gasteiger charge is -2.12. The van der Waals surface area contributed by atoms with Gasteiger partial charge in [-0.1, -0.05) is 24.3 Å². The lowest BCUT2D eigenvalue weighted by Crippen LogP contribution is -2.32. The smallest absolute Gasteiger partial charge is 0.347 e. The van der Waals surface area contributed by atoms with Gasteiger partial charge in [0.05, 0.1) is 6.42 Å². The molecule has 0 aromatic heterocycles. The Morgan fingerprint density at radius 3 is 2.33 bits per heavy atom. The summed E-state index contributed by atoms with van der Waals surface area (Å²) in [6.45, 7) is 0. The van der Waals surface area contributed by atoms with Gasteiger partial charge in [0.1, 0.15) is 0 Å². The highest BCUT2D eigenvalue weighted by Gasteiger charge is 2.36. The third kappa shape index (κ3) is 1.40. The number of rotatable bonds is 0. The van der Waals surface area contributed by atoms with E-state index in [2.05, 4.69) is 4.79 Å². The summed E-state index contributed by atoms with van der Waals surface area (Å²) in [6, 6.07) is 11.2. The van der Waals surface area contributed by atoms with Crippen molar-refractivity contribution in [2.45, 2.75) is 6.42 Å². The van der Waals surface area contributed by atoms with Gasteiger partial charge in [-0.05, 0) is 28.5 Å². The average molecular weight is 236 g/mol. The number of carbonyl (C=O) groups is 2. The SMILES string of the molecule is [N-]=[N+]=C1Cc2cc3ccccc3cc2C(=O)C1=O. The fraction of sp³-hybridized carbons (Fsp3) is 0.0714. The van der Waals surface area contributed by atoms with Crippen molar-refractivity contribution < 1.29 is 14.4 Å². The summed E-state index contributed by atoms with van der Waals surface area (Å²) in [6.07, 6.45) is 0.196. The number of hydrogen-bond acceptors (Lipinski definition) is 2. The molecule has 1 aliphatic carbocycles. The molecule has 2 aromatic carbocycles. The third-order valence-electron chi connectivity index (χ3n) is 3.16. The first kappa shape index (κ1) is 10.6. The van der Waals surface area contributed by atoms with Gasteiger partial charge in [0.15, 0.2) is 0 Å². The van der Waals surface area contributed by atoms with Crippen LogP contribution in [0.5, 0.6) is 0 Å². The Labute approximate surface area is 102 Å². The topological polar surface area (TPSA) is 70.5 Å². The van der Waals surface area contributed by atoms with Crippen LogP contribution in [0.25, 0.3) is 16.3 Å². The van der Waals surface area contributed by atoms with Gasteiger partial charge >= 0.3 is 11.5 Å². The predicted molar refractivity (Wildman–Crippen MR) is 65.6 cm³/mol. The van der Waals surface area contributed by atoms with Crippen LogP contribution in [0.3, 0.4) is 0 Å². The molecule has 18 heavy (non-hydrogen) atoms. The second-order valence-corrected chi connectivity index (χ2v) is 4.24. The van der Waals surface area contributed by atoms with Gasteiger partial charge in [-0.25, -0.2) is 0 Å². The lowest BCUT2D eigenvalue weighted by atomic mass is 9.86. The Morgan fingerprint density at radius 2 is 1.67 bits per heavy atom. The molecular weight excluding hydrogens is 228 g/mol. The Morgan fingerprint density at radius 1 is 1.00 bits per heavy atom. The molecule has 0 fully saturated rings. The van der Waals surface area contributed by atoms with Crippen molar-refractivity contribution in [2.75, 3.05) is 0 Å². The molecule has 0 saturated heterocycles. The lowest BCUT2D eigenvalue weighted by molar-refractivity contribution is -0.114. The van der Waals surface area contributed by atoms with Crippen LogP contribution in [0.2, 0.25) is 0 Å². The second-order valence-electron chi connectivity index (χ2n) is 4.24. The highest BCUT2D eigenvalue weighted by molar-refractivity contribution is 6.68. The summed E-state index contributed by atoms with van der Waals surface area (Å²) in [5.41, 5.74) is 9.77. The molecule has 0 bridgehead atoms. The van der Waals surface area contributed by atoms with E-state index >= 15 is 0 Å². The first-order chi connectivity index (χ1) is 8.70. The molecule has 0 aliphatic heterocycles. The van der Waals surface area contributed by atoms with Crippen LogP contribution in [-0.2, 0) is 11.2 Å². The zero-order chi connectivity index (χ0) is 12.7. The van der Waals surface area contributed by atoms with Gasteiger partial charge in [-0.2, -0.15) is 4.79 Å². The molecular formula is C14H8N2O2. The number of Topliss-reactive ketones (excluding diaryl/α,β-unsaturated/α-hetero) is 2. The standard InChI is InChI=1S/C14H8N2O2/c15-16-12-7-10-5-8-3-1-2-4-9(8)6-11(10)13(17)14(12)18/h1-6H,7H2. The summed E-state index contributed by atoms with van der Waals surface area (Å²) < 4.78 is 0. The van der Waals surface area contributed by atoms with E-state index in [4.69, 9.17) is 5.53 Å². The maximum atomic E-state index is 11.9. The van der Waals surface area contributed by atoms with Gasteiger partial charge in [-0.3, -0.25) is 9.59 Å². The monoisotopic (exact) mass is 236 g/mol. The van der Waals surface area contributed by atoms with Crippen LogP contribution in [-0.4, -0.2) is 22.1 Å². The second kappa shape index (κ2) is 3.72. The first-order valence-corrected chi connectivity index (χ1v) is 5.52. The molecule has 1 aliphatic rings. The van der Waals surface area contributed by atoms with Crippen molar-refractivity contribution in [3.05, 3.63) is 53.1 Å². The van der Waals surface area contributed by atoms with Crippen molar-refractivity contribution in [1.29, 1.82) is 0 Å². The zero-order valence-corrected chi connectivity index (χ0v) is 9.38. The minimum absolute atomic E-state index is 0.0946. The van der Waals surface area contributed by atoms with E-state index < -0.39 is 11.6 Å². The minimum atomic E-state index is -0.722. The largest absolute Gasteiger partial charge is 0.361 e. The molecule has 4 heteroatoms. The number of nitrogens with zero attached hydrogens (tertiary/aromatic N) is 2. The first-order valence-electron chi connectivity index (χ1n) is 5.52. The Kier molecular flexibility index (Phi) is 2.18. The van der Waals surface area contributed by atoms with E-state index in [1.165, 1.54) is 0 Å². The number of carbonyl (C=O) groups excluding carboxylic acids is 2.